The summed E-state index contributed by atoms with van der Waals surface area (Å²) in [5, 5.41) is 0. The standard InChI is InChI=1S/C24H50N2/c1-3-4-5-6-7-8-9-10-11-12-13-14-15-16-17-18-21-26-22-19-20-25(2)23-24-26/h3-24H2,1-2H3. The van der Waals surface area contributed by atoms with E-state index in [0.29, 0.717) is 0 Å². The van der Waals surface area contributed by atoms with Crippen LogP contribution in [0.25, 0.3) is 0 Å². The van der Waals surface area contributed by atoms with Gasteiger partial charge in [0.15, 0.2) is 0 Å². The van der Waals surface area contributed by atoms with Crippen molar-refractivity contribution >= 4 is 0 Å². The van der Waals surface area contributed by atoms with E-state index in [1.807, 2.05) is 0 Å². The molecular weight excluding hydrogens is 316 g/mol. The van der Waals surface area contributed by atoms with Crippen molar-refractivity contribution in [2.75, 3.05) is 39.8 Å². The van der Waals surface area contributed by atoms with Crippen LogP contribution in [0.15, 0.2) is 0 Å². The van der Waals surface area contributed by atoms with E-state index in [1.165, 1.54) is 142 Å². The van der Waals surface area contributed by atoms with Gasteiger partial charge in [0.2, 0.25) is 0 Å². The molecule has 1 saturated heterocycles. The molecule has 0 radical (unpaired) electrons. The van der Waals surface area contributed by atoms with Crippen LogP contribution in [0, 0.1) is 0 Å². The summed E-state index contributed by atoms with van der Waals surface area (Å²) in [5.41, 5.74) is 0. The zero-order valence-corrected chi connectivity index (χ0v) is 18.5. The summed E-state index contributed by atoms with van der Waals surface area (Å²) in [7, 11) is 2.26. The second-order valence-corrected chi connectivity index (χ2v) is 8.80. The molecule has 0 atom stereocenters. The normalized spacial score (nSPS) is 16.8. The van der Waals surface area contributed by atoms with Crippen molar-refractivity contribution in [1.29, 1.82) is 0 Å². The Kier molecular flexibility index (Phi) is 16.9. The molecule has 1 heterocycles. The third-order valence-corrected chi connectivity index (χ3v) is 6.14. The van der Waals surface area contributed by atoms with E-state index in [4.69, 9.17) is 0 Å². The topological polar surface area (TPSA) is 6.48 Å². The largest absolute Gasteiger partial charge is 0.305 e. The molecule has 0 aromatic carbocycles. The molecule has 26 heavy (non-hydrogen) atoms. The molecule has 2 nitrogen and oxygen atoms in total. The lowest BCUT2D eigenvalue weighted by Crippen LogP contribution is -2.29. The van der Waals surface area contributed by atoms with Crippen molar-refractivity contribution in [3.8, 4) is 0 Å². The van der Waals surface area contributed by atoms with Crippen molar-refractivity contribution in [3.63, 3.8) is 0 Å². The molecule has 0 unspecified atom stereocenters. The highest BCUT2D eigenvalue weighted by Gasteiger charge is 2.10. The fraction of sp³-hybridized carbons (Fsp3) is 1.00. The van der Waals surface area contributed by atoms with Crippen LogP contribution in [0.1, 0.15) is 116 Å². The highest BCUT2D eigenvalue weighted by atomic mass is 15.2. The van der Waals surface area contributed by atoms with Gasteiger partial charge < -0.3 is 9.80 Å². The highest BCUT2D eigenvalue weighted by molar-refractivity contribution is 4.67. The van der Waals surface area contributed by atoms with Gasteiger partial charge in [-0.15, -0.1) is 0 Å². The molecule has 0 aromatic rings. The molecule has 0 amide bonds. The van der Waals surface area contributed by atoms with E-state index in [-0.39, 0.29) is 0 Å². The second-order valence-electron chi connectivity index (χ2n) is 8.80. The van der Waals surface area contributed by atoms with Gasteiger partial charge in [-0.25, -0.2) is 0 Å². The maximum absolute atomic E-state index is 2.69. The van der Waals surface area contributed by atoms with Gasteiger partial charge in [-0.3, -0.25) is 0 Å². The minimum atomic E-state index is 1.26. The Hall–Kier alpha value is -0.0800. The molecule has 156 valence electrons. The Morgan fingerprint density at radius 2 is 0.962 bits per heavy atom. The minimum Gasteiger partial charge on any atom is -0.305 e. The lowest BCUT2D eigenvalue weighted by atomic mass is 10.0. The fourth-order valence-electron chi connectivity index (χ4n) is 4.21. The number of hydrogen-bond donors (Lipinski definition) is 0. The summed E-state index contributed by atoms with van der Waals surface area (Å²) in [6.07, 6.45) is 24.8. The molecule has 1 fully saturated rings. The number of unbranched alkanes of at least 4 members (excludes halogenated alkanes) is 15. The Morgan fingerprint density at radius 3 is 1.46 bits per heavy atom. The third kappa shape index (κ3) is 15.0. The number of hydrogen-bond acceptors (Lipinski definition) is 2. The highest BCUT2D eigenvalue weighted by Crippen LogP contribution is 2.14. The van der Waals surface area contributed by atoms with Crippen LogP contribution >= 0.6 is 0 Å². The van der Waals surface area contributed by atoms with Gasteiger partial charge in [-0.05, 0) is 39.5 Å². The predicted molar refractivity (Wildman–Crippen MR) is 118 cm³/mol. The molecular formula is C24H50N2. The molecule has 1 rings (SSSR count). The van der Waals surface area contributed by atoms with E-state index >= 15 is 0 Å². The quantitative estimate of drug-likeness (QED) is 0.259. The molecule has 0 spiro atoms. The Morgan fingerprint density at radius 1 is 0.500 bits per heavy atom. The zero-order chi connectivity index (χ0) is 18.7. The molecule has 0 N–H and O–H groups in total. The molecule has 1 aliphatic rings. The molecule has 1 aliphatic heterocycles. The SMILES string of the molecule is CCCCCCCCCCCCCCCCCCN1CCCN(C)CC1. The van der Waals surface area contributed by atoms with Gasteiger partial charge in [-0.2, -0.15) is 0 Å². The Labute approximate surface area is 166 Å². The van der Waals surface area contributed by atoms with Crippen LogP contribution < -0.4 is 0 Å². The van der Waals surface area contributed by atoms with Crippen molar-refractivity contribution in [2.24, 2.45) is 0 Å². The summed E-state index contributed by atoms with van der Waals surface area (Å²) < 4.78 is 0. The number of nitrogens with zero attached hydrogens (tertiary/aromatic N) is 2. The monoisotopic (exact) mass is 366 g/mol. The van der Waals surface area contributed by atoms with Crippen molar-refractivity contribution < 1.29 is 0 Å². The molecule has 0 aliphatic carbocycles. The second kappa shape index (κ2) is 18.3. The van der Waals surface area contributed by atoms with Crippen LogP contribution in [0.5, 0.6) is 0 Å². The Bertz CT molecular complexity index is 279. The molecule has 0 aromatic heterocycles. The van der Waals surface area contributed by atoms with E-state index in [1.54, 1.807) is 0 Å². The van der Waals surface area contributed by atoms with E-state index in [0.717, 1.165) is 0 Å². The fourth-order valence-corrected chi connectivity index (χ4v) is 4.21. The van der Waals surface area contributed by atoms with Crippen LogP contribution in [-0.4, -0.2) is 49.6 Å². The van der Waals surface area contributed by atoms with Gasteiger partial charge in [0.05, 0.1) is 0 Å². The van der Waals surface area contributed by atoms with Crippen molar-refractivity contribution in [3.05, 3.63) is 0 Å². The van der Waals surface area contributed by atoms with Gasteiger partial charge in [0, 0.05) is 13.1 Å². The van der Waals surface area contributed by atoms with E-state index in [2.05, 4.69) is 23.8 Å². The summed E-state index contributed by atoms with van der Waals surface area (Å²) in [6, 6.07) is 0. The zero-order valence-electron chi connectivity index (χ0n) is 18.5. The minimum absolute atomic E-state index is 1.26. The first-order chi connectivity index (χ1) is 12.8. The van der Waals surface area contributed by atoms with Gasteiger partial charge in [-0.1, -0.05) is 103 Å². The third-order valence-electron chi connectivity index (χ3n) is 6.14. The molecule has 2 heteroatoms. The van der Waals surface area contributed by atoms with E-state index < -0.39 is 0 Å². The van der Waals surface area contributed by atoms with Crippen LogP contribution in [0.4, 0.5) is 0 Å². The number of rotatable bonds is 17. The van der Waals surface area contributed by atoms with E-state index in [9.17, 15) is 0 Å². The lowest BCUT2D eigenvalue weighted by Gasteiger charge is -2.19. The first kappa shape index (κ1) is 24.0. The smallest absolute Gasteiger partial charge is 0.0109 e. The van der Waals surface area contributed by atoms with Crippen LogP contribution in [-0.2, 0) is 0 Å². The number of likely N-dealkylation sites (N-methyl/N-ethyl adjacent to an activating group) is 1. The maximum atomic E-state index is 2.69. The average Bonchev–Trinajstić information content (AvgIpc) is 2.85. The summed E-state index contributed by atoms with van der Waals surface area (Å²) in [5.74, 6) is 0. The Balaban J connectivity index is 1.72. The van der Waals surface area contributed by atoms with Crippen molar-refractivity contribution in [1.82, 2.24) is 9.80 Å². The maximum Gasteiger partial charge on any atom is 0.0109 e. The van der Waals surface area contributed by atoms with Gasteiger partial charge in [0.25, 0.3) is 0 Å². The van der Waals surface area contributed by atoms with Crippen LogP contribution in [0.2, 0.25) is 0 Å². The summed E-state index contributed by atoms with van der Waals surface area (Å²) in [6.45, 7) is 8.80. The van der Waals surface area contributed by atoms with Gasteiger partial charge >= 0.3 is 0 Å². The molecule has 0 saturated carbocycles. The molecule has 0 bridgehead atoms. The predicted octanol–water partition coefficient (Wildman–Crippen LogP) is 6.89. The van der Waals surface area contributed by atoms with Crippen LogP contribution in [0.3, 0.4) is 0 Å². The van der Waals surface area contributed by atoms with Crippen molar-refractivity contribution in [2.45, 2.75) is 116 Å². The average molecular weight is 367 g/mol. The first-order valence-corrected chi connectivity index (χ1v) is 12.2. The lowest BCUT2D eigenvalue weighted by molar-refractivity contribution is 0.270. The summed E-state index contributed by atoms with van der Waals surface area (Å²) >= 11 is 0. The van der Waals surface area contributed by atoms with Gasteiger partial charge in [0.1, 0.15) is 0 Å². The first-order valence-electron chi connectivity index (χ1n) is 12.2. The summed E-state index contributed by atoms with van der Waals surface area (Å²) in [4.78, 5) is 5.17.